The molecule has 0 radical (unpaired) electrons. The van der Waals surface area contributed by atoms with Crippen molar-refractivity contribution >= 4 is 5.91 Å². The lowest BCUT2D eigenvalue weighted by Crippen LogP contribution is -2.42. The Bertz CT molecular complexity index is 265. The zero-order valence-electron chi connectivity index (χ0n) is 11.1. The smallest absolute Gasteiger partial charge is 0.236 e. The molecule has 0 bridgehead atoms. The Morgan fingerprint density at radius 1 is 1.41 bits per heavy atom. The van der Waals surface area contributed by atoms with Gasteiger partial charge in [0.2, 0.25) is 5.91 Å². The van der Waals surface area contributed by atoms with Crippen LogP contribution < -0.4 is 5.32 Å². The fourth-order valence-corrected chi connectivity index (χ4v) is 2.68. The Hall–Kier alpha value is -0.610. The molecule has 2 fully saturated rings. The number of rotatable bonds is 6. The third-order valence-electron chi connectivity index (χ3n) is 4.05. The van der Waals surface area contributed by atoms with Gasteiger partial charge in [-0.2, -0.15) is 0 Å². The van der Waals surface area contributed by atoms with Crippen LogP contribution >= 0.6 is 0 Å². The van der Waals surface area contributed by atoms with Crippen molar-refractivity contribution < 1.29 is 4.79 Å². The first-order chi connectivity index (χ1) is 8.22. The molecule has 1 saturated carbocycles. The van der Waals surface area contributed by atoms with Crippen LogP contribution in [0.2, 0.25) is 0 Å². The highest BCUT2D eigenvalue weighted by atomic mass is 16.2. The number of carbonyl (C=O) groups excluding carboxylic acids is 1. The molecule has 98 valence electrons. The van der Waals surface area contributed by atoms with Crippen molar-refractivity contribution in [2.75, 3.05) is 33.2 Å². The van der Waals surface area contributed by atoms with Gasteiger partial charge in [0, 0.05) is 25.7 Å². The Balaban J connectivity index is 1.63. The minimum absolute atomic E-state index is 0.244. The van der Waals surface area contributed by atoms with Crippen LogP contribution in [0.15, 0.2) is 0 Å². The molecule has 1 amide bonds. The second-order valence-corrected chi connectivity index (χ2v) is 5.29. The summed E-state index contributed by atoms with van der Waals surface area (Å²) in [6.07, 6.45) is 4.95. The van der Waals surface area contributed by atoms with Crippen molar-refractivity contribution in [3.05, 3.63) is 0 Å². The van der Waals surface area contributed by atoms with E-state index in [4.69, 9.17) is 0 Å². The van der Waals surface area contributed by atoms with Crippen molar-refractivity contribution in [1.29, 1.82) is 0 Å². The number of nitrogens with zero attached hydrogens (tertiary/aromatic N) is 2. The highest BCUT2D eigenvalue weighted by molar-refractivity contribution is 5.78. The van der Waals surface area contributed by atoms with E-state index >= 15 is 0 Å². The Kier molecular flexibility index (Phi) is 4.40. The molecule has 1 saturated heterocycles. The van der Waals surface area contributed by atoms with Crippen LogP contribution in [0, 0.1) is 0 Å². The van der Waals surface area contributed by atoms with Crippen LogP contribution in [0.4, 0.5) is 0 Å². The largest absolute Gasteiger partial charge is 0.342 e. The maximum absolute atomic E-state index is 11.8. The standard InChI is InChI=1S/C13H25N3O/c1-3-16-8-4-5-12(16)9-14-10-13(17)15(2)11-6-7-11/h11-12,14H,3-10H2,1-2H3. The lowest BCUT2D eigenvalue weighted by Gasteiger charge is -2.23. The molecule has 1 atom stereocenters. The van der Waals surface area contributed by atoms with Gasteiger partial charge in [0.1, 0.15) is 0 Å². The fraction of sp³-hybridized carbons (Fsp3) is 0.923. The average molecular weight is 239 g/mol. The number of carbonyl (C=O) groups is 1. The summed E-state index contributed by atoms with van der Waals surface area (Å²) in [5.41, 5.74) is 0. The van der Waals surface area contributed by atoms with Crippen LogP contribution in [0.5, 0.6) is 0 Å². The zero-order chi connectivity index (χ0) is 12.3. The van der Waals surface area contributed by atoms with Crippen LogP contribution in [0.3, 0.4) is 0 Å². The summed E-state index contributed by atoms with van der Waals surface area (Å²) >= 11 is 0. The monoisotopic (exact) mass is 239 g/mol. The van der Waals surface area contributed by atoms with Crippen LogP contribution in [-0.2, 0) is 4.79 Å². The molecule has 2 aliphatic rings. The summed E-state index contributed by atoms with van der Waals surface area (Å²) in [4.78, 5) is 16.2. The van der Waals surface area contributed by atoms with Gasteiger partial charge in [-0.05, 0) is 38.8 Å². The summed E-state index contributed by atoms with van der Waals surface area (Å²) in [5.74, 6) is 0.244. The van der Waals surface area contributed by atoms with Gasteiger partial charge < -0.3 is 10.2 Å². The van der Waals surface area contributed by atoms with E-state index in [0.29, 0.717) is 18.6 Å². The molecular formula is C13H25N3O. The summed E-state index contributed by atoms with van der Waals surface area (Å²) in [6, 6.07) is 1.17. The molecule has 2 rings (SSSR count). The van der Waals surface area contributed by atoms with Gasteiger partial charge in [0.05, 0.1) is 6.54 Å². The van der Waals surface area contributed by atoms with Crippen LogP contribution in [0.1, 0.15) is 32.6 Å². The number of nitrogens with one attached hydrogen (secondary N) is 1. The SMILES string of the molecule is CCN1CCCC1CNCC(=O)N(C)C1CC1. The van der Waals surface area contributed by atoms with Gasteiger partial charge in [-0.1, -0.05) is 6.92 Å². The van der Waals surface area contributed by atoms with E-state index in [1.165, 1.54) is 32.2 Å². The number of amides is 1. The average Bonchev–Trinajstić information content (AvgIpc) is 3.08. The first kappa shape index (κ1) is 12.8. The molecule has 1 aliphatic carbocycles. The van der Waals surface area contributed by atoms with Gasteiger partial charge in [0.15, 0.2) is 0 Å². The van der Waals surface area contributed by atoms with E-state index < -0.39 is 0 Å². The van der Waals surface area contributed by atoms with E-state index in [2.05, 4.69) is 17.1 Å². The van der Waals surface area contributed by atoms with Crippen molar-refractivity contribution in [3.8, 4) is 0 Å². The van der Waals surface area contributed by atoms with Crippen LogP contribution in [-0.4, -0.2) is 61.0 Å². The lowest BCUT2D eigenvalue weighted by atomic mass is 10.2. The van der Waals surface area contributed by atoms with E-state index in [1.807, 2.05) is 11.9 Å². The van der Waals surface area contributed by atoms with Gasteiger partial charge >= 0.3 is 0 Å². The van der Waals surface area contributed by atoms with Crippen LogP contribution in [0.25, 0.3) is 0 Å². The maximum Gasteiger partial charge on any atom is 0.236 e. The molecular weight excluding hydrogens is 214 g/mol. The molecule has 17 heavy (non-hydrogen) atoms. The molecule has 1 aliphatic heterocycles. The number of likely N-dealkylation sites (tertiary alicyclic amines) is 1. The van der Waals surface area contributed by atoms with E-state index in [0.717, 1.165) is 13.1 Å². The van der Waals surface area contributed by atoms with Crippen molar-refractivity contribution in [2.24, 2.45) is 0 Å². The summed E-state index contributed by atoms with van der Waals surface area (Å²) < 4.78 is 0. The summed E-state index contributed by atoms with van der Waals surface area (Å²) in [5, 5.41) is 3.32. The highest BCUT2D eigenvalue weighted by Crippen LogP contribution is 2.25. The minimum atomic E-state index is 0.244. The Labute approximate surface area is 104 Å². The van der Waals surface area contributed by atoms with E-state index in [1.54, 1.807) is 0 Å². The molecule has 0 spiro atoms. The highest BCUT2D eigenvalue weighted by Gasteiger charge is 2.29. The summed E-state index contributed by atoms with van der Waals surface area (Å²) in [6.45, 7) is 6.02. The molecule has 0 aromatic rings. The lowest BCUT2D eigenvalue weighted by molar-refractivity contribution is -0.129. The van der Waals surface area contributed by atoms with E-state index in [-0.39, 0.29) is 5.91 Å². The zero-order valence-corrected chi connectivity index (χ0v) is 11.1. The van der Waals surface area contributed by atoms with Gasteiger partial charge in [-0.3, -0.25) is 9.69 Å². The second-order valence-electron chi connectivity index (χ2n) is 5.29. The first-order valence-corrected chi connectivity index (χ1v) is 6.92. The number of likely N-dealkylation sites (N-methyl/N-ethyl adjacent to an activating group) is 2. The van der Waals surface area contributed by atoms with E-state index in [9.17, 15) is 4.79 Å². The van der Waals surface area contributed by atoms with Crippen molar-refractivity contribution in [2.45, 2.75) is 44.7 Å². The number of hydrogen-bond donors (Lipinski definition) is 1. The van der Waals surface area contributed by atoms with Gasteiger partial charge in [-0.25, -0.2) is 0 Å². The van der Waals surface area contributed by atoms with Gasteiger partial charge in [-0.15, -0.1) is 0 Å². The fourth-order valence-electron chi connectivity index (χ4n) is 2.68. The normalized spacial score (nSPS) is 25.2. The third-order valence-corrected chi connectivity index (χ3v) is 4.05. The molecule has 1 N–H and O–H groups in total. The Morgan fingerprint density at radius 3 is 2.82 bits per heavy atom. The quantitative estimate of drug-likeness (QED) is 0.740. The molecule has 4 nitrogen and oxygen atoms in total. The topological polar surface area (TPSA) is 35.6 Å². The second kappa shape index (κ2) is 5.83. The predicted octanol–water partition coefficient (Wildman–Crippen LogP) is 0.681. The number of hydrogen-bond acceptors (Lipinski definition) is 3. The molecule has 1 unspecified atom stereocenters. The molecule has 0 aromatic carbocycles. The summed E-state index contributed by atoms with van der Waals surface area (Å²) in [7, 11) is 1.93. The van der Waals surface area contributed by atoms with Crippen molar-refractivity contribution in [1.82, 2.24) is 15.1 Å². The molecule has 1 heterocycles. The van der Waals surface area contributed by atoms with Crippen molar-refractivity contribution in [3.63, 3.8) is 0 Å². The third kappa shape index (κ3) is 3.42. The minimum Gasteiger partial charge on any atom is -0.342 e. The maximum atomic E-state index is 11.8. The predicted molar refractivity (Wildman–Crippen MR) is 68.9 cm³/mol. The Morgan fingerprint density at radius 2 is 2.18 bits per heavy atom. The first-order valence-electron chi connectivity index (χ1n) is 6.92. The molecule has 0 aromatic heterocycles. The molecule has 4 heteroatoms. The van der Waals surface area contributed by atoms with Gasteiger partial charge in [0.25, 0.3) is 0 Å².